The summed E-state index contributed by atoms with van der Waals surface area (Å²) >= 11 is 3.27. The van der Waals surface area contributed by atoms with Crippen LogP contribution in [0.4, 0.5) is 5.82 Å². The van der Waals surface area contributed by atoms with Gasteiger partial charge >= 0.3 is 0 Å². The summed E-state index contributed by atoms with van der Waals surface area (Å²) in [5, 5.41) is 2.92. The quantitative estimate of drug-likeness (QED) is 0.892. The van der Waals surface area contributed by atoms with Crippen LogP contribution in [0.1, 0.15) is 37.0 Å². The van der Waals surface area contributed by atoms with Crippen molar-refractivity contribution in [1.29, 1.82) is 0 Å². The van der Waals surface area contributed by atoms with Gasteiger partial charge in [-0.1, -0.05) is 13.8 Å². The Morgan fingerprint density at radius 2 is 2.19 bits per heavy atom. The summed E-state index contributed by atoms with van der Waals surface area (Å²) in [4.78, 5) is 15.8. The largest absolute Gasteiger partial charge is 0.383 e. The second-order valence-electron chi connectivity index (χ2n) is 3.57. The number of nitrogens with zero attached hydrogens (tertiary/aromatic N) is 1. The minimum absolute atomic E-state index is 0.167. The van der Waals surface area contributed by atoms with Crippen molar-refractivity contribution in [3.8, 4) is 0 Å². The van der Waals surface area contributed by atoms with E-state index in [1.54, 1.807) is 12.3 Å². The average Bonchev–Trinajstić information content (AvgIpc) is 2.28. The fourth-order valence-corrected chi connectivity index (χ4v) is 1.72. The van der Waals surface area contributed by atoms with Crippen molar-refractivity contribution in [3.05, 3.63) is 22.3 Å². The lowest BCUT2D eigenvalue weighted by molar-refractivity contribution is 0.0935. The Balaban J connectivity index is 2.83. The van der Waals surface area contributed by atoms with Crippen LogP contribution in [0, 0.1) is 0 Å². The van der Waals surface area contributed by atoms with Gasteiger partial charge in [0.2, 0.25) is 0 Å². The molecule has 3 N–H and O–H groups in total. The lowest BCUT2D eigenvalue weighted by Crippen LogP contribution is -2.34. The molecule has 0 radical (unpaired) electrons. The number of carbonyl (C=O) groups excluding carboxylic acids is 1. The number of aromatic nitrogens is 1. The topological polar surface area (TPSA) is 68.0 Å². The molecule has 0 saturated carbocycles. The number of carbonyl (C=O) groups is 1. The van der Waals surface area contributed by atoms with Crippen LogP contribution in [0.5, 0.6) is 0 Å². The molecule has 5 heteroatoms. The third-order valence-corrected chi connectivity index (χ3v) is 2.88. The number of nitrogen functional groups attached to an aromatic ring is 1. The minimum atomic E-state index is -0.167. The van der Waals surface area contributed by atoms with E-state index in [1.165, 1.54) is 0 Å². The molecular formula is C11H16BrN3O. The summed E-state index contributed by atoms with van der Waals surface area (Å²) < 4.78 is 0.747. The zero-order valence-electron chi connectivity index (χ0n) is 9.46. The Bertz CT molecular complexity index is 377. The molecule has 1 heterocycles. The molecule has 1 aromatic heterocycles. The summed E-state index contributed by atoms with van der Waals surface area (Å²) in [5.41, 5.74) is 6.07. The Labute approximate surface area is 104 Å². The second-order valence-corrected chi connectivity index (χ2v) is 4.49. The van der Waals surface area contributed by atoms with Crippen LogP contribution in [0.3, 0.4) is 0 Å². The molecule has 0 fully saturated rings. The molecule has 0 spiro atoms. The second kappa shape index (κ2) is 5.84. The molecule has 0 aromatic carbocycles. The van der Waals surface area contributed by atoms with Crippen LogP contribution in [-0.4, -0.2) is 16.9 Å². The molecule has 4 nitrogen and oxygen atoms in total. The average molecular weight is 286 g/mol. The van der Waals surface area contributed by atoms with Gasteiger partial charge in [0.05, 0.1) is 5.56 Å². The third kappa shape index (κ3) is 3.20. The third-order valence-electron chi connectivity index (χ3n) is 2.45. The molecule has 16 heavy (non-hydrogen) atoms. The molecule has 1 aromatic rings. The van der Waals surface area contributed by atoms with Crippen LogP contribution in [-0.2, 0) is 0 Å². The predicted molar refractivity (Wildman–Crippen MR) is 68.2 cm³/mol. The Hall–Kier alpha value is -1.10. The molecule has 0 aliphatic rings. The number of nitrogens with two attached hydrogens (primary N) is 1. The van der Waals surface area contributed by atoms with Crippen molar-refractivity contribution in [3.63, 3.8) is 0 Å². The highest BCUT2D eigenvalue weighted by Crippen LogP contribution is 2.15. The maximum atomic E-state index is 11.9. The van der Waals surface area contributed by atoms with Crippen LogP contribution >= 0.6 is 15.9 Å². The van der Waals surface area contributed by atoms with Gasteiger partial charge in [0.15, 0.2) is 0 Å². The molecule has 0 unspecified atom stereocenters. The summed E-state index contributed by atoms with van der Waals surface area (Å²) in [6.45, 7) is 4.08. The number of anilines is 1. The number of pyridine rings is 1. The highest BCUT2D eigenvalue weighted by molar-refractivity contribution is 9.10. The molecule has 0 atom stereocenters. The zero-order chi connectivity index (χ0) is 12.1. The number of hydrogen-bond donors (Lipinski definition) is 2. The molecule has 0 saturated heterocycles. The van der Waals surface area contributed by atoms with Gasteiger partial charge in [-0.25, -0.2) is 4.98 Å². The number of rotatable bonds is 4. The first-order valence-electron chi connectivity index (χ1n) is 5.30. The number of nitrogens with one attached hydrogen (secondary N) is 1. The van der Waals surface area contributed by atoms with Gasteiger partial charge in [-0.3, -0.25) is 4.79 Å². The van der Waals surface area contributed by atoms with Gasteiger partial charge in [-0.05, 0) is 34.8 Å². The SMILES string of the molecule is CCC(CC)NC(=O)c1cc(Br)cnc1N. The lowest BCUT2D eigenvalue weighted by Gasteiger charge is -2.15. The van der Waals surface area contributed by atoms with Crippen LogP contribution in [0.2, 0.25) is 0 Å². The van der Waals surface area contributed by atoms with E-state index in [0.29, 0.717) is 5.56 Å². The van der Waals surface area contributed by atoms with Gasteiger partial charge in [0, 0.05) is 16.7 Å². The molecule has 0 aliphatic carbocycles. The fraction of sp³-hybridized carbons (Fsp3) is 0.455. The van der Waals surface area contributed by atoms with Crippen molar-refractivity contribution in [2.24, 2.45) is 0 Å². The molecular weight excluding hydrogens is 270 g/mol. The van der Waals surface area contributed by atoms with Crippen molar-refractivity contribution < 1.29 is 4.79 Å². The number of amides is 1. The van der Waals surface area contributed by atoms with E-state index < -0.39 is 0 Å². The molecule has 1 rings (SSSR count). The first kappa shape index (κ1) is 13.0. The Kier molecular flexibility index (Phi) is 4.73. The summed E-state index contributed by atoms with van der Waals surface area (Å²) in [5.74, 6) is 0.0895. The first-order chi connectivity index (χ1) is 7.58. The predicted octanol–water partition coefficient (Wildman–Crippen LogP) is 2.34. The minimum Gasteiger partial charge on any atom is -0.383 e. The lowest BCUT2D eigenvalue weighted by atomic mass is 10.1. The van der Waals surface area contributed by atoms with Gasteiger partial charge in [0.1, 0.15) is 5.82 Å². The van der Waals surface area contributed by atoms with Crippen molar-refractivity contribution >= 4 is 27.7 Å². The highest BCUT2D eigenvalue weighted by atomic mass is 79.9. The van der Waals surface area contributed by atoms with Crippen LogP contribution < -0.4 is 11.1 Å². The summed E-state index contributed by atoms with van der Waals surface area (Å²) in [6.07, 6.45) is 3.39. The van der Waals surface area contributed by atoms with Crippen LogP contribution in [0.15, 0.2) is 16.7 Å². The summed E-state index contributed by atoms with van der Waals surface area (Å²) in [7, 11) is 0. The van der Waals surface area contributed by atoms with E-state index in [2.05, 4.69) is 26.2 Å². The van der Waals surface area contributed by atoms with E-state index in [0.717, 1.165) is 17.3 Å². The molecule has 0 aliphatic heterocycles. The fourth-order valence-electron chi connectivity index (χ4n) is 1.39. The first-order valence-corrected chi connectivity index (χ1v) is 6.09. The smallest absolute Gasteiger partial charge is 0.255 e. The Morgan fingerprint density at radius 1 is 1.56 bits per heavy atom. The van der Waals surface area contributed by atoms with Crippen LogP contribution in [0.25, 0.3) is 0 Å². The van der Waals surface area contributed by atoms with E-state index in [1.807, 2.05) is 13.8 Å². The van der Waals surface area contributed by atoms with Crippen molar-refractivity contribution in [2.75, 3.05) is 5.73 Å². The van der Waals surface area contributed by atoms with E-state index >= 15 is 0 Å². The molecule has 0 bridgehead atoms. The van der Waals surface area contributed by atoms with Gasteiger partial charge < -0.3 is 11.1 Å². The standard InChI is InChI=1S/C11H16BrN3O/c1-3-8(4-2)15-11(16)9-5-7(12)6-14-10(9)13/h5-6,8H,3-4H2,1-2H3,(H2,13,14)(H,15,16). The number of halogens is 1. The van der Waals surface area contributed by atoms with E-state index in [4.69, 9.17) is 5.73 Å². The maximum Gasteiger partial charge on any atom is 0.255 e. The normalized spacial score (nSPS) is 10.5. The van der Waals surface area contributed by atoms with Gasteiger partial charge in [0.25, 0.3) is 5.91 Å². The van der Waals surface area contributed by atoms with Gasteiger partial charge in [-0.15, -0.1) is 0 Å². The number of hydrogen-bond acceptors (Lipinski definition) is 3. The van der Waals surface area contributed by atoms with E-state index in [9.17, 15) is 4.79 Å². The Morgan fingerprint density at radius 3 is 2.75 bits per heavy atom. The van der Waals surface area contributed by atoms with Crippen molar-refractivity contribution in [1.82, 2.24) is 10.3 Å². The molecule has 1 amide bonds. The monoisotopic (exact) mass is 285 g/mol. The van der Waals surface area contributed by atoms with Crippen molar-refractivity contribution in [2.45, 2.75) is 32.7 Å². The van der Waals surface area contributed by atoms with E-state index in [-0.39, 0.29) is 17.8 Å². The maximum absolute atomic E-state index is 11.9. The molecule has 88 valence electrons. The summed E-state index contributed by atoms with van der Waals surface area (Å²) in [6, 6.07) is 1.87. The van der Waals surface area contributed by atoms with Gasteiger partial charge in [-0.2, -0.15) is 0 Å². The highest BCUT2D eigenvalue weighted by Gasteiger charge is 2.14. The zero-order valence-corrected chi connectivity index (χ0v) is 11.0.